The lowest BCUT2D eigenvalue weighted by atomic mass is 10.0. The van der Waals surface area contributed by atoms with Gasteiger partial charge in [-0.2, -0.15) is 0 Å². The van der Waals surface area contributed by atoms with Crippen LogP contribution in [0, 0.1) is 0 Å². The Bertz CT molecular complexity index is 649. The second-order valence-electron chi connectivity index (χ2n) is 7.54. The van der Waals surface area contributed by atoms with Gasteiger partial charge in [0.05, 0.1) is 19.3 Å². The van der Waals surface area contributed by atoms with Gasteiger partial charge in [0.1, 0.15) is 24.4 Å². The number of benzene rings is 1. The van der Waals surface area contributed by atoms with Crippen LogP contribution in [-0.4, -0.2) is 111 Å². The van der Waals surface area contributed by atoms with E-state index in [4.69, 9.17) is 14.6 Å². The van der Waals surface area contributed by atoms with Crippen LogP contribution in [0.2, 0.25) is 0 Å². The first-order valence-corrected chi connectivity index (χ1v) is 10.3. The van der Waals surface area contributed by atoms with Gasteiger partial charge in [-0.25, -0.2) is 0 Å². The average molecular weight is 462 g/mol. The fourth-order valence-corrected chi connectivity index (χ4v) is 3.24. The van der Waals surface area contributed by atoms with Crippen LogP contribution < -0.4 is 5.32 Å². The molecule has 11 nitrogen and oxygen atoms in total. The van der Waals surface area contributed by atoms with Crippen molar-refractivity contribution in [2.75, 3.05) is 20.3 Å². The summed E-state index contributed by atoms with van der Waals surface area (Å²) in [6.45, 7) is 0.768. The standard InChI is InChI=1S/C20H31NO9.CH4O/c1-11(7-12-5-3-2-4-6-12)21-19(28)17(27)16(26)18(15(25)9-22)30-20-14(24)8-13(23)10-29-20;1-2/h2-6,11,13-18,20,22-27H,7-10H2,1H3,(H,21,28);2H,1H3/t11?,13-,14?,15?,16?,17-,18?,20+;/m1./s1. The van der Waals surface area contributed by atoms with E-state index in [2.05, 4.69) is 5.32 Å². The maximum atomic E-state index is 12.4. The number of hydrogen-bond acceptors (Lipinski definition) is 10. The monoisotopic (exact) mass is 461 g/mol. The third-order valence-electron chi connectivity index (χ3n) is 4.84. The lowest BCUT2D eigenvalue weighted by Gasteiger charge is -2.37. The zero-order valence-corrected chi connectivity index (χ0v) is 18.2. The fourth-order valence-electron chi connectivity index (χ4n) is 3.24. The summed E-state index contributed by atoms with van der Waals surface area (Å²) in [5.41, 5.74) is 0.975. The largest absolute Gasteiger partial charge is 0.400 e. The smallest absolute Gasteiger partial charge is 0.251 e. The van der Waals surface area contributed by atoms with Crippen molar-refractivity contribution in [2.24, 2.45) is 0 Å². The number of carbonyl (C=O) groups excluding carboxylic acids is 1. The molecule has 0 aromatic heterocycles. The van der Waals surface area contributed by atoms with Gasteiger partial charge in [0.2, 0.25) is 0 Å². The van der Waals surface area contributed by atoms with E-state index in [1.165, 1.54) is 0 Å². The van der Waals surface area contributed by atoms with Crippen LogP contribution >= 0.6 is 0 Å². The van der Waals surface area contributed by atoms with Crippen molar-refractivity contribution >= 4 is 5.91 Å². The molecule has 1 aromatic rings. The number of hydrogen-bond donors (Lipinski definition) is 8. The molecule has 32 heavy (non-hydrogen) atoms. The summed E-state index contributed by atoms with van der Waals surface area (Å²) >= 11 is 0. The number of rotatable bonds is 10. The fraction of sp³-hybridized carbons (Fsp3) is 0.667. The van der Waals surface area contributed by atoms with Crippen LogP contribution in [0.15, 0.2) is 30.3 Å². The Kier molecular flexibility index (Phi) is 12.8. The van der Waals surface area contributed by atoms with Crippen LogP contribution in [0.1, 0.15) is 18.9 Å². The van der Waals surface area contributed by atoms with Gasteiger partial charge in [0.15, 0.2) is 12.4 Å². The van der Waals surface area contributed by atoms with Gasteiger partial charge in [-0.3, -0.25) is 4.79 Å². The van der Waals surface area contributed by atoms with Crippen molar-refractivity contribution < 1.29 is 50.0 Å². The summed E-state index contributed by atoms with van der Waals surface area (Å²) in [6, 6.07) is 9.02. The predicted molar refractivity (Wildman–Crippen MR) is 112 cm³/mol. The molecule has 1 amide bonds. The minimum absolute atomic E-state index is 0.0528. The van der Waals surface area contributed by atoms with E-state index in [1.54, 1.807) is 6.92 Å². The number of amides is 1. The van der Waals surface area contributed by atoms with Crippen LogP contribution in [-0.2, 0) is 20.7 Å². The molecule has 0 bridgehead atoms. The zero-order chi connectivity index (χ0) is 24.3. The molecule has 2 rings (SSSR count). The van der Waals surface area contributed by atoms with Gasteiger partial charge < -0.3 is 50.5 Å². The third kappa shape index (κ3) is 8.70. The van der Waals surface area contributed by atoms with Gasteiger partial charge in [-0.05, 0) is 18.9 Å². The Morgan fingerprint density at radius 2 is 1.81 bits per heavy atom. The van der Waals surface area contributed by atoms with Crippen molar-refractivity contribution in [2.45, 2.75) is 68.7 Å². The second-order valence-corrected chi connectivity index (χ2v) is 7.54. The number of aliphatic hydroxyl groups is 7. The number of ether oxygens (including phenoxy) is 2. The SMILES string of the molecule is CC(Cc1ccccc1)NC(=O)[C@H](O)C(O)C(O[C@@H]1OC[C@H](O)CC1O)C(O)CO.CO. The molecule has 184 valence electrons. The van der Waals surface area contributed by atoms with Gasteiger partial charge in [0, 0.05) is 19.6 Å². The molecule has 1 aliphatic rings. The van der Waals surface area contributed by atoms with E-state index >= 15 is 0 Å². The molecule has 0 aliphatic carbocycles. The molecular formula is C21H35NO10. The maximum Gasteiger partial charge on any atom is 0.251 e. The predicted octanol–water partition coefficient (Wildman–Crippen LogP) is -2.73. The lowest BCUT2D eigenvalue weighted by molar-refractivity contribution is -0.280. The summed E-state index contributed by atoms with van der Waals surface area (Å²) in [4.78, 5) is 12.4. The van der Waals surface area contributed by atoms with E-state index in [9.17, 15) is 35.4 Å². The maximum absolute atomic E-state index is 12.4. The lowest BCUT2D eigenvalue weighted by Crippen LogP contribution is -2.56. The van der Waals surface area contributed by atoms with Gasteiger partial charge in [0.25, 0.3) is 5.91 Å². The molecule has 8 atom stereocenters. The van der Waals surface area contributed by atoms with Gasteiger partial charge >= 0.3 is 0 Å². The molecule has 1 heterocycles. The van der Waals surface area contributed by atoms with E-state index in [0.717, 1.165) is 12.7 Å². The Labute approximate surface area is 186 Å². The first-order valence-electron chi connectivity index (χ1n) is 10.3. The van der Waals surface area contributed by atoms with Crippen LogP contribution in [0.25, 0.3) is 0 Å². The first kappa shape index (κ1) is 28.4. The Hall–Kier alpha value is -1.67. The third-order valence-corrected chi connectivity index (χ3v) is 4.84. The summed E-state index contributed by atoms with van der Waals surface area (Å²) in [6.07, 6.45) is -10.2. The van der Waals surface area contributed by atoms with E-state index < -0.39 is 55.4 Å². The van der Waals surface area contributed by atoms with Crippen LogP contribution in [0.4, 0.5) is 0 Å². The highest BCUT2D eigenvalue weighted by atomic mass is 16.7. The Morgan fingerprint density at radius 3 is 2.38 bits per heavy atom. The molecule has 0 saturated carbocycles. The molecule has 0 radical (unpaired) electrons. The molecule has 0 spiro atoms. The van der Waals surface area contributed by atoms with Crippen LogP contribution in [0.3, 0.4) is 0 Å². The molecular weight excluding hydrogens is 426 g/mol. The molecule has 1 fully saturated rings. The number of nitrogens with one attached hydrogen (secondary N) is 1. The van der Waals surface area contributed by atoms with Crippen molar-refractivity contribution in [3.05, 3.63) is 35.9 Å². The highest BCUT2D eigenvalue weighted by molar-refractivity contribution is 5.81. The van der Waals surface area contributed by atoms with Crippen molar-refractivity contribution in [1.29, 1.82) is 0 Å². The normalized spacial score (nSPS) is 25.5. The topological polar surface area (TPSA) is 189 Å². The minimum atomic E-state index is -1.97. The van der Waals surface area contributed by atoms with E-state index in [0.29, 0.717) is 6.42 Å². The van der Waals surface area contributed by atoms with Gasteiger partial charge in [-0.1, -0.05) is 30.3 Å². The summed E-state index contributed by atoms with van der Waals surface area (Å²) in [5.74, 6) is -0.884. The average Bonchev–Trinajstić information content (AvgIpc) is 2.79. The van der Waals surface area contributed by atoms with Crippen molar-refractivity contribution in [3.63, 3.8) is 0 Å². The summed E-state index contributed by atoms with van der Waals surface area (Å²) in [7, 11) is 1.00. The highest BCUT2D eigenvalue weighted by Crippen LogP contribution is 2.21. The first-order chi connectivity index (χ1) is 15.2. The zero-order valence-electron chi connectivity index (χ0n) is 18.2. The molecule has 11 heteroatoms. The van der Waals surface area contributed by atoms with Crippen molar-refractivity contribution in [1.82, 2.24) is 5.32 Å². The highest BCUT2D eigenvalue weighted by Gasteiger charge is 2.41. The summed E-state index contributed by atoms with van der Waals surface area (Å²) in [5, 5.41) is 69.0. The van der Waals surface area contributed by atoms with E-state index in [-0.39, 0.29) is 19.1 Å². The van der Waals surface area contributed by atoms with Crippen molar-refractivity contribution in [3.8, 4) is 0 Å². The Balaban J connectivity index is 0.00000249. The quantitative estimate of drug-likeness (QED) is 0.182. The molecule has 1 aromatic carbocycles. The van der Waals surface area contributed by atoms with Gasteiger partial charge in [-0.15, -0.1) is 0 Å². The second kappa shape index (κ2) is 14.5. The van der Waals surface area contributed by atoms with Crippen LogP contribution in [0.5, 0.6) is 0 Å². The van der Waals surface area contributed by atoms with E-state index in [1.807, 2.05) is 30.3 Å². The Morgan fingerprint density at radius 1 is 1.19 bits per heavy atom. The molecule has 5 unspecified atom stereocenters. The minimum Gasteiger partial charge on any atom is -0.400 e. The number of aliphatic hydroxyl groups excluding tert-OH is 7. The molecule has 1 aliphatic heterocycles. The summed E-state index contributed by atoms with van der Waals surface area (Å²) < 4.78 is 10.5. The molecule has 8 N–H and O–H groups in total. The molecule has 1 saturated heterocycles. The number of carbonyl (C=O) groups is 1.